The normalized spacial score (nSPS) is 12.1. The Morgan fingerprint density at radius 1 is 1.30 bits per heavy atom. The smallest absolute Gasteiger partial charge is 0.436 e. The fourth-order valence-corrected chi connectivity index (χ4v) is 2.59. The molecule has 0 spiro atoms. The third kappa shape index (κ3) is 6.40. The van der Waals surface area contributed by atoms with Crippen molar-refractivity contribution in [1.82, 2.24) is 0 Å². The molecular formula is C19H23N2O6+. The number of aliphatic carboxylic acids is 1. The quantitative estimate of drug-likeness (QED) is 0.190. The van der Waals surface area contributed by atoms with Crippen molar-refractivity contribution in [3.8, 4) is 0 Å². The number of hydrogen-bond acceptors (Lipinski definition) is 6. The first-order valence-corrected chi connectivity index (χ1v) is 8.45. The average molecular weight is 375 g/mol. The van der Waals surface area contributed by atoms with Crippen LogP contribution in [0.3, 0.4) is 0 Å². The van der Waals surface area contributed by atoms with E-state index in [-0.39, 0.29) is 23.6 Å². The van der Waals surface area contributed by atoms with E-state index in [1.165, 1.54) is 25.1 Å². The maximum Gasteiger partial charge on any atom is 0.436 e. The second-order valence-corrected chi connectivity index (χ2v) is 6.05. The lowest BCUT2D eigenvalue weighted by atomic mass is 9.96. The number of carboxylic acids is 1. The molecule has 0 bridgehead atoms. The second kappa shape index (κ2) is 11.0. The summed E-state index contributed by atoms with van der Waals surface area (Å²) in [6.07, 6.45) is 5.76. The van der Waals surface area contributed by atoms with E-state index in [1.54, 1.807) is 13.0 Å². The van der Waals surface area contributed by atoms with Gasteiger partial charge in [-0.1, -0.05) is 17.4 Å². The van der Waals surface area contributed by atoms with Crippen molar-refractivity contribution >= 4 is 29.5 Å². The first-order valence-electron chi connectivity index (χ1n) is 8.45. The van der Waals surface area contributed by atoms with E-state index >= 15 is 0 Å². The van der Waals surface area contributed by atoms with Gasteiger partial charge in [-0.25, -0.2) is 9.59 Å². The zero-order valence-electron chi connectivity index (χ0n) is 15.3. The molecule has 0 aromatic heterocycles. The van der Waals surface area contributed by atoms with E-state index in [2.05, 4.69) is 4.99 Å². The minimum absolute atomic E-state index is 0.0855. The summed E-state index contributed by atoms with van der Waals surface area (Å²) in [4.78, 5) is 36.6. The van der Waals surface area contributed by atoms with Crippen LogP contribution in [0, 0.1) is 6.92 Å². The van der Waals surface area contributed by atoms with E-state index in [0.717, 1.165) is 17.2 Å². The molecule has 27 heavy (non-hydrogen) atoms. The highest BCUT2D eigenvalue weighted by molar-refractivity contribution is 5.85. The standard InChI is InChI=1S/C19H22N2O6/c1-13(19(26)27)10-21(12-24)17-9-15(20-11-23)8-16(14(17)2)18(25)6-4-3-5-7-22/h8-10,18,22,25H,3-7H2,1-2H3/p+1. The molecule has 1 rings (SSSR count). The molecule has 0 heterocycles. The Kier molecular flexibility index (Phi) is 8.99. The number of carbonyl (C=O) groups excluding carboxylic acids is 2. The third-order valence-electron chi connectivity index (χ3n) is 4.09. The second-order valence-electron chi connectivity index (χ2n) is 6.05. The van der Waals surface area contributed by atoms with Crippen molar-refractivity contribution in [2.24, 2.45) is 4.99 Å². The summed E-state index contributed by atoms with van der Waals surface area (Å²) in [5.41, 5.74) is 1.34. The van der Waals surface area contributed by atoms with Crippen LogP contribution in [-0.2, 0) is 14.4 Å². The number of isocyanates is 2. The lowest BCUT2D eigenvalue weighted by molar-refractivity contribution is -0.358. The van der Waals surface area contributed by atoms with Crippen LogP contribution in [0.5, 0.6) is 0 Å². The molecule has 0 fully saturated rings. The summed E-state index contributed by atoms with van der Waals surface area (Å²) in [7, 11) is 0. The maximum absolute atomic E-state index is 11.4. The van der Waals surface area contributed by atoms with Gasteiger partial charge in [-0.15, -0.1) is 0 Å². The number of carboxylic acid groups (broad SMARTS) is 1. The zero-order chi connectivity index (χ0) is 20.4. The monoisotopic (exact) mass is 375 g/mol. The Bertz CT molecular complexity index is 818. The van der Waals surface area contributed by atoms with Gasteiger partial charge in [-0.3, -0.25) is 0 Å². The van der Waals surface area contributed by atoms with Crippen molar-refractivity contribution < 1.29 is 34.3 Å². The predicted octanol–water partition coefficient (Wildman–Crippen LogP) is 2.52. The van der Waals surface area contributed by atoms with Crippen LogP contribution in [0.2, 0.25) is 0 Å². The number of rotatable bonds is 10. The summed E-state index contributed by atoms with van der Waals surface area (Å²) < 4.78 is 0.949. The number of aliphatic imine (C=N–C) groups is 1. The average Bonchev–Trinajstić information content (AvgIpc) is 2.64. The van der Waals surface area contributed by atoms with Crippen LogP contribution in [0.4, 0.5) is 11.4 Å². The number of unbranched alkanes of at least 4 members (excludes halogenated alkanes) is 2. The highest BCUT2D eigenvalue weighted by Crippen LogP contribution is 2.34. The number of carbonyl (C=O) groups is 1. The summed E-state index contributed by atoms with van der Waals surface area (Å²) >= 11 is 0. The van der Waals surface area contributed by atoms with Crippen molar-refractivity contribution in [2.75, 3.05) is 6.61 Å². The predicted molar refractivity (Wildman–Crippen MR) is 96.5 cm³/mol. The number of nitrogens with zero attached hydrogens (tertiary/aromatic N) is 2. The molecule has 1 aromatic rings. The summed E-state index contributed by atoms with van der Waals surface area (Å²) in [5.74, 6) is -1.20. The molecule has 8 heteroatoms. The van der Waals surface area contributed by atoms with E-state index in [1.807, 2.05) is 0 Å². The van der Waals surface area contributed by atoms with Gasteiger partial charge in [0.1, 0.15) is 0 Å². The molecule has 8 nitrogen and oxygen atoms in total. The Balaban J connectivity index is 3.38. The van der Waals surface area contributed by atoms with Crippen LogP contribution >= 0.6 is 0 Å². The number of aliphatic hydroxyl groups excluding tert-OH is 2. The van der Waals surface area contributed by atoms with Gasteiger partial charge in [0.05, 0.1) is 17.4 Å². The topological polar surface area (TPSA) is 127 Å². The number of hydrogen-bond donors (Lipinski definition) is 3. The van der Waals surface area contributed by atoms with Crippen molar-refractivity contribution in [2.45, 2.75) is 45.6 Å². The Morgan fingerprint density at radius 3 is 2.56 bits per heavy atom. The Hall–Kier alpha value is -2.89. The molecule has 1 aromatic carbocycles. The molecule has 3 N–H and O–H groups in total. The van der Waals surface area contributed by atoms with Gasteiger partial charge in [-0.2, -0.15) is 9.79 Å². The van der Waals surface area contributed by atoms with Crippen LogP contribution in [0.1, 0.15) is 49.8 Å². The Morgan fingerprint density at radius 2 is 2.00 bits per heavy atom. The molecule has 0 aliphatic rings. The lowest BCUT2D eigenvalue weighted by Crippen LogP contribution is -2.07. The van der Waals surface area contributed by atoms with Crippen molar-refractivity contribution in [3.05, 3.63) is 35.0 Å². The van der Waals surface area contributed by atoms with Gasteiger partial charge in [0, 0.05) is 18.2 Å². The van der Waals surface area contributed by atoms with Crippen LogP contribution in [0.15, 0.2) is 28.9 Å². The fraction of sp³-hybridized carbons (Fsp3) is 0.421. The van der Waals surface area contributed by atoms with E-state index < -0.39 is 12.1 Å². The summed E-state index contributed by atoms with van der Waals surface area (Å²) in [6.45, 7) is 3.08. The number of benzene rings is 1. The molecule has 0 amide bonds. The zero-order valence-corrected chi connectivity index (χ0v) is 15.3. The highest BCUT2D eigenvalue weighted by atomic mass is 16.4. The van der Waals surface area contributed by atoms with Crippen LogP contribution in [-0.4, -0.2) is 44.6 Å². The van der Waals surface area contributed by atoms with Gasteiger partial charge in [0.25, 0.3) is 0 Å². The van der Waals surface area contributed by atoms with Gasteiger partial charge in [-0.05, 0) is 38.3 Å². The highest BCUT2D eigenvalue weighted by Gasteiger charge is 2.22. The summed E-state index contributed by atoms with van der Waals surface area (Å²) in [5, 5.41) is 28.3. The molecule has 0 saturated carbocycles. The van der Waals surface area contributed by atoms with Crippen LogP contribution < -0.4 is 0 Å². The Labute approximate surface area is 156 Å². The largest absolute Gasteiger partial charge is 0.478 e. The molecule has 0 saturated heterocycles. The van der Waals surface area contributed by atoms with Crippen molar-refractivity contribution in [3.63, 3.8) is 0 Å². The van der Waals surface area contributed by atoms with E-state index in [0.29, 0.717) is 30.4 Å². The number of aliphatic hydroxyl groups is 2. The van der Waals surface area contributed by atoms with Gasteiger partial charge < -0.3 is 15.3 Å². The van der Waals surface area contributed by atoms with Gasteiger partial charge in [0.15, 0.2) is 6.20 Å². The lowest BCUT2D eigenvalue weighted by Gasteiger charge is -2.15. The van der Waals surface area contributed by atoms with Crippen molar-refractivity contribution in [1.29, 1.82) is 0 Å². The SMILES string of the molecule is CC(=C[N+](=C=O)c1cc(N=C=O)cc(C(O)CCCCCO)c1C)C(=O)O. The molecule has 144 valence electrons. The molecular weight excluding hydrogens is 352 g/mol. The third-order valence-corrected chi connectivity index (χ3v) is 4.09. The fourth-order valence-electron chi connectivity index (χ4n) is 2.59. The first-order chi connectivity index (χ1) is 12.8. The molecule has 0 radical (unpaired) electrons. The minimum atomic E-state index is -1.20. The van der Waals surface area contributed by atoms with E-state index in [4.69, 9.17) is 10.2 Å². The van der Waals surface area contributed by atoms with E-state index in [9.17, 15) is 19.5 Å². The van der Waals surface area contributed by atoms with Gasteiger partial charge in [0.2, 0.25) is 11.8 Å². The minimum Gasteiger partial charge on any atom is -0.478 e. The molecule has 1 atom stereocenters. The molecule has 0 aliphatic heterocycles. The summed E-state index contributed by atoms with van der Waals surface area (Å²) in [6, 6.07) is 2.94. The van der Waals surface area contributed by atoms with Crippen LogP contribution in [0.25, 0.3) is 0 Å². The van der Waals surface area contributed by atoms with Gasteiger partial charge >= 0.3 is 12.0 Å². The maximum atomic E-state index is 11.4. The molecule has 0 aliphatic carbocycles. The first kappa shape index (κ1) is 22.2. The molecule has 1 unspecified atom stereocenters.